The van der Waals surface area contributed by atoms with Crippen LogP contribution in [0.25, 0.3) is 0 Å². The fraction of sp³-hybridized carbons (Fsp3) is 0.800. The van der Waals surface area contributed by atoms with E-state index in [0.29, 0.717) is 6.42 Å². The van der Waals surface area contributed by atoms with Crippen LogP contribution >= 0.6 is 12.6 Å². The zero-order valence-electron chi connectivity index (χ0n) is 9.27. The summed E-state index contributed by atoms with van der Waals surface area (Å²) in [4.78, 5) is 21.4. The molecule has 3 N–H and O–H groups in total. The van der Waals surface area contributed by atoms with Crippen molar-refractivity contribution in [3.8, 4) is 0 Å². The largest absolute Gasteiger partial charge is 0.481 e. The van der Waals surface area contributed by atoms with Crippen molar-refractivity contribution in [1.82, 2.24) is 10.6 Å². The highest BCUT2D eigenvalue weighted by atomic mass is 32.1. The number of unbranched alkanes of at least 4 members (excludes halogenated alkanes) is 1. The first kappa shape index (κ1) is 13.2. The number of carboxylic acids is 1. The van der Waals surface area contributed by atoms with Crippen LogP contribution in [0.1, 0.15) is 32.6 Å². The van der Waals surface area contributed by atoms with Crippen molar-refractivity contribution in [1.29, 1.82) is 0 Å². The Morgan fingerprint density at radius 1 is 1.50 bits per heavy atom. The van der Waals surface area contributed by atoms with Crippen molar-refractivity contribution >= 4 is 24.6 Å². The van der Waals surface area contributed by atoms with Crippen LogP contribution in [-0.4, -0.2) is 34.4 Å². The number of carbonyl (C=O) groups excluding carboxylic acids is 1. The van der Waals surface area contributed by atoms with Crippen molar-refractivity contribution in [2.75, 3.05) is 0 Å². The minimum Gasteiger partial charge on any atom is -0.481 e. The Hall–Kier alpha value is -0.910. The van der Waals surface area contributed by atoms with Crippen LogP contribution < -0.4 is 10.6 Å². The summed E-state index contributed by atoms with van der Waals surface area (Å²) < 4.78 is 0. The quantitative estimate of drug-likeness (QED) is 0.417. The van der Waals surface area contributed by atoms with Gasteiger partial charge in [-0.1, -0.05) is 6.42 Å². The lowest BCUT2D eigenvalue weighted by atomic mass is 10.0. The van der Waals surface area contributed by atoms with Crippen molar-refractivity contribution < 1.29 is 14.7 Å². The summed E-state index contributed by atoms with van der Waals surface area (Å²) in [6.45, 7) is 1.93. The van der Waals surface area contributed by atoms with Gasteiger partial charge in [-0.15, -0.1) is 0 Å². The molecule has 1 saturated heterocycles. The van der Waals surface area contributed by atoms with Gasteiger partial charge in [-0.2, -0.15) is 12.6 Å². The van der Waals surface area contributed by atoms with E-state index >= 15 is 0 Å². The molecular weight excluding hydrogens is 228 g/mol. The highest BCUT2D eigenvalue weighted by Crippen LogP contribution is 2.17. The number of rotatable bonds is 6. The second-order valence-electron chi connectivity index (χ2n) is 4.14. The van der Waals surface area contributed by atoms with E-state index in [4.69, 9.17) is 5.11 Å². The number of nitrogens with one attached hydrogen (secondary N) is 2. The molecular formula is C10H18N2O3S. The maximum absolute atomic E-state index is 11.1. The zero-order valence-corrected chi connectivity index (χ0v) is 10.2. The Bertz CT molecular complexity index is 273. The Morgan fingerprint density at radius 2 is 2.19 bits per heavy atom. The van der Waals surface area contributed by atoms with Crippen LogP contribution in [0.15, 0.2) is 0 Å². The highest BCUT2D eigenvalue weighted by molar-refractivity contribution is 7.81. The summed E-state index contributed by atoms with van der Waals surface area (Å²) in [5.74, 6) is -0.764. The lowest BCUT2D eigenvalue weighted by Gasteiger charge is -2.21. The van der Waals surface area contributed by atoms with E-state index in [9.17, 15) is 9.59 Å². The van der Waals surface area contributed by atoms with E-state index in [1.165, 1.54) is 0 Å². The topological polar surface area (TPSA) is 78.4 Å². The summed E-state index contributed by atoms with van der Waals surface area (Å²) in [7, 11) is 0. The number of aliphatic carboxylic acids is 1. The monoisotopic (exact) mass is 246 g/mol. The fourth-order valence-corrected chi connectivity index (χ4v) is 2.37. The van der Waals surface area contributed by atoms with Gasteiger partial charge in [-0.3, -0.25) is 4.79 Å². The number of thiol groups is 1. The molecule has 1 aliphatic rings. The number of urea groups is 1. The van der Waals surface area contributed by atoms with Crippen molar-refractivity contribution in [2.45, 2.75) is 49.9 Å². The van der Waals surface area contributed by atoms with Crippen LogP contribution in [0.4, 0.5) is 4.79 Å². The van der Waals surface area contributed by atoms with Gasteiger partial charge in [0.2, 0.25) is 0 Å². The van der Waals surface area contributed by atoms with Gasteiger partial charge in [0.15, 0.2) is 0 Å². The zero-order chi connectivity index (χ0) is 12.1. The van der Waals surface area contributed by atoms with Crippen LogP contribution in [-0.2, 0) is 4.79 Å². The third kappa shape index (κ3) is 3.92. The first-order chi connectivity index (χ1) is 7.50. The summed E-state index contributed by atoms with van der Waals surface area (Å²) in [5, 5.41) is 14.1. The Morgan fingerprint density at radius 3 is 2.69 bits per heavy atom. The van der Waals surface area contributed by atoms with Crippen LogP contribution in [0.5, 0.6) is 0 Å². The maximum atomic E-state index is 11.1. The first-order valence-corrected chi connectivity index (χ1v) is 5.99. The van der Waals surface area contributed by atoms with E-state index < -0.39 is 5.97 Å². The van der Waals surface area contributed by atoms with E-state index in [1.807, 2.05) is 6.92 Å². The molecule has 1 rings (SSSR count). The lowest BCUT2D eigenvalue weighted by molar-refractivity contribution is -0.137. The molecule has 0 aliphatic carbocycles. The number of carbonyl (C=O) groups is 2. The van der Waals surface area contributed by atoms with Crippen molar-refractivity contribution in [3.05, 3.63) is 0 Å². The Kier molecular flexibility index (Phi) is 4.92. The minimum atomic E-state index is -0.764. The molecule has 1 fully saturated rings. The van der Waals surface area contributed by atoms with Crippen LogP contribution in [0, 0.1) is 0 Å². The van der Waals surface area contributed by atoms with Crippen LogP contribution in [0.3, 0.4) is 0 Å². The van der Waals surface area contributed by atoms with Crippen LogP contribution in [0.2, 0.25) is 0 Å². The molecule has 1 aliphatic heterocycles. The SMILES string of the molecule is C[C@@H]1NC(=O)N[C@@H]1[C@H](S)CCCCC(=O)O. The molecule has 0 aromatic rings. The summed E-state index contributed by atoms with van der Waals surface area (Å²) in [6.07, 6.45) is 2.49. The predicted molar refractivity (Wildman–Crippen MR) is 63.8 cm³/mol. The van der Waals surface area contributed by atoms with Crippen molar-refractivity contribution in [2.24, 2.45) is 0 Å². The summed E-state index contributed by atoms with van der Waals surface area (Å²) in [6, 6.07) is -0.0442. The van der Waals surface area contributed by atoms with Gasteiger partial charge in [0.05, 0.1) is 6.04 Å². The van der Waals surface area contributed by atoms with E-state index in [0.717, 1.165) is 12.8 Å². The second-order valence-corrected chi connectivity index (χ2v) is 4.80. The molecule has 0 spiro atoms. The molecule has 0 unspecified atom stereocenters. The average molecular weight is 246 g/mol. The molecule has 16 heavy (non-hydrogen) atoms. The molecule has 3 atom stereocenters. The standard InChI is InChI=1S/C10H18N2O3S/c1-6-9(12-10(15)11-6)7(16)4-2-3-5-8(13)14/h6-7,9,16H,2-5H2,1H3,(H,13,14)(H2,11,12,15)/t6-,7+,9-/m0/s1. The molecule has 0 aromatic heterocycles. The van der Waals surface area contributed by atoms with E-state index in [1.54, 1.807) is 0 Å². The van der Waals surface area contributed by atoms with Crippen molar-refractivity contribution in [3.63, 3.8) is 0 Å². The average Bonchev–Trinajstić information content (AvgIpc) is 2.52. The third-order valence-electron chi connectivity index (χ3n) is 2.75. The number of hydrogen-bond donors (Lipinski definition) is 4. The second kappa shape index (κ2) is 5.98. The molecule has 1 heterocycles. The number of amides is 2. The Balaban J connectivity index is 2.22. The number of hydrogen-bond acceptors (Lipinski definition) is 3. The third-order valence-corrected chi connectivity index (χ3v) is 3.33. The smallest absolute Gasteiger partial charge is 0.315 e. The van der Waals surface area contributed by atoms with Gasteiger partial charge in [-0.25, -0.2) is 4.79 Å². The molecule has 6 heteroatoms. The molecule has 0 radical (unpaired) electrons. The van der Waals surface area contributed by atoms with Gasteiger partial charge in [-0.05, 0) is 19.8 Å². The fourth-order valence-electron chi connectivity index (χ4n) is 1.85. The first-order valence-electron chi connectivity index (χ1n) is 5.47. The molecule has 0 saturated carbocycles. The summed E-state index contributed by atoms with van der Waals surface area (Å²) >= 11 is 4.45. The molecule has 0 bridgehead atoms. The maximum Gasteiger partial charge on any atom is 0.315 e. The van der Waals surface area contributed by atoms with Gasteiger partial charge in [0, 0.05) is 17.7 Å². The molecule has 92 valence electrons. The van der Waals surface area contributed by atoms with Gasteiger partial charge in [0.25, 0.3) is 0 Å². The van der Waals surface area contributed by atoms with Gasteiger partial charge < -0.3 is 15.7 Å². The number of carboxylic acid groups (broad SMARTS) is 1. The van der Waals surface area contributed by atoms with Gasteiger partial charge in [0.1, 0.15) is 0 Å². The highest BCUT2D eigenvalue weighted by Gasteiger charge is 2.32. The van der Waals surface area contributed by atoms with E-state index in [-0.39, 0.29) is 29.8 Å². The lowest BCUT2D eigenvalue weighted by Crippen LogP contribution is -2.39. The Labute approximate surface area is 100 Å². The van der Waals surface area contributed by atoms with Gasteiger partial charge >= 0.3 is 12.0 Å². The predicted octanol–water partition coefficient (Wildman–Crippen LogP) is 1.000. The normalized spacial score (nSPS) is 26.0. The minimum absolute atomic E-state index is 0.0284. The molecule has 2 amide bonds. The molecule has 5 nitrogen and oxygen atoms in total. The molecule has 0 aromatic carbocycles. The van der Waals surface area contributed by atoms with E-state index in [2.05, 4.69) is 23.3 Å². The summed E-state index contributed by atoms with van der Waals surface area (Å²) in [5.41, 5.74) is 0.